The number of ether oxygens (including phenoxy) is 2. The van der Waals surface area contributed by atoms with Crippen molar-refractivity contribution in [3.8, 4) is 11.8 Å². The maximum Gasteiger partial charge on any atom is 0.163 e. The molecule has 1 heterocycles. The molecule has 0 bridgehead atoms. The van der Waals surface area contributed by atoms with E-state index >= 15 is 0 Å². The molecular formula is C18H28O2. The van der Waals surface area contributed by atoms with Crippen LogP contribution in [0.25, 0.3) is 0 Å². The van der Waals surface area contributed by atoms with Gasteiger partial charge < -0.3 is 9.47 Å². The Labute approximate surface area is 123 Å². The van der Waals surface area contributed by atoms with Gasteiger partial charge in [-0.15, -0.1) is 12.5 Å². The van der Waals surface area contributed by atoms with E-state index in [4.69, 9.17) is 9.47 Å². The monoisotopic (exact) mass is 276 g/mol. The van der Waals surface area contributed by atoms with Crippen molar-refractivity contribution < 1.29 is 9.47 Å². The summed E-state index contributed by atoms with van der Waals surface area (Å²) in [6.45, 7) is 8.55. The lowest BCUT2D eigenvalue weighted by atomic mass is 9.89. The Balaban J connectivity index is 1.75. The van der Waals surface area contributed by atoms with Crippen LogP contribution in [0, 0.1) is 23.7 Å². The predicted molar refractivity (Wildman–Crippen MR) is 82.2 cm³/mol. The Morgan fingerprint density at radius 3 is 2.70 bits per heavy atom. The first kappa shape index (κ1) is 15.6. The zero-order valence-corrected chi connectivity index (χ0v) is 13.0. The normalized spacial score (nSPS) is 30.3. The standard InChI is InChI=1S/C18H28O2/c1-4-17-16(14-19-18(2,3)20-17)13-9-8-12-15-10-6-5-7-11-15/h4,15-17H,1,5-7,9-11,13-14H2,2-3H3/t16-,17-/m1/s1. The third-order valence-electron chi connectivity index (χ3n) is 4.31. The van der Waals surface area contributed by atoms with E-state index in [0.29, 0.717) is 11.8 Å². The van der Waals surface area contributed by atoms with Gasteiger partial charge in [-0.3, -0.25) is 0 Å². The first-order valence-electron chi connectivity index (χ1n) is 8.03. The van der Waals surface area contributed by atoms with Gasteiger partial charge in [0, 0.05) is 18.3 Å². The van der Waals surface area contributed by atoms with Crippen molar-refractivity contribution in [2.75, 3.05) is 6.61 Å². The van der Waals surface area contributed by atoms with E-state index in [2.05, 4.69) is 18.4 Å². The fourth-order valence-electron chi connectivity index (χ4n) is 3.07. The summed E-state index contributed by atoms with van der Waals surface area (Å²) < 4.78 is 11.6. The van der Waals surface area contributed by atoms with E-state index in [1.807, 2.05) is 19.9 Å². The smallest absolute Gasteiger partial charge is 0.163 e. The maximum absolute atomic E-state index is 5.89. The first-order valence-corrected chi connectivity index (χ1v) is 8.03. The molecule has 2 aliphatic rings. The molecule has 0 aromatic rings. The van der Waals surface area contributed by atoms with E-state index in [1.54, 1.807) is 0 Å². The number of rotatable bonds is 3. The van der Waals surface area contributed by atoms with E-state index in [0.717, 1.165) is 19.4 Å². The van der Waals surface area contributed by atoms with Crippen LogP contribution in [-0.2, 0) is 9.47 Å². The molecule has 20 heavy (non-hydrogen) atoms. The molecule has 2 rings (SSSR count). The van der Waals surface area contributed by atoms with E-state index in [-0.39, 0.29) is 6.10 Å². The zero-order valence-electron chi connectivity index (χ0n) is 13.0. The summed E-state index contributed by atoms with van der Waals surface area (Å²) in [5, 5.41) is 0. The third-order valence-corrected chi connectivity index (χ3v) is 4.31. The molecule has 0 spiro atoms. The van der Waals surface area contributed by atoms with Gasteiger partial charge in [-0.25, -0.2) is 0 Å². The molecule has 2 fully saturated rings. The van der Waals surface area contributed by atoms with Gasteiger partial charge in [-0.05, 0) is 33.1 Å². The van der Waals surface area contributed by atoms with Crippen LogP contribution in [-0.4, -0.2) is 18.5 Å². The second kappa shape index (κ2) is 7.29. The van der Waals surface area contributed by atoms with Gasteiger partial charge in [-0.1, -0.05) is 31.3 Å². The first-order chi connectivity index (χ1) is 9.61. The lowest BCUT2D eigenvalue weighted by molar-refractivity contribution is -0.282. The average molecular weight is 276 g/mol. The predicted octanol–water partition coefficient (Wildman–Crippen LogP) is 4.30. The second-order valence-corrected chi connectivity index (χ2v) is 6.48. The van der Waals surface area contributed by atoms with E-state index < -0.39 is 5.79 Å². The largest absolute Gasteiger partial charge is 0.350 e. The molecule has 2 atom stereocenters. The fraction of sp³-hybridized carbons (Fsp3) is 0.778. The van der Waals surface area contributed by atoms with Crippen LogP contribution in [0.1, 0.15) is 58.8 Å². The minimum atomic E-state index is -0.483. The average Bonchev–Trinajstić information content (AvgIpc) is 2.45. The zero-order chi connectivity index (χ0) is 14.4. The second-order valence-electron chi connectivity index (χ2n) is 6.48. The summed E-state index contributed by atoms with van der Waals surface area (Å²) in [7, 11) is 0. The van der Waals surface area contributed by atoms with Crippen molar-refractivity contribution in [1.29, 1.82) is 0 Å². The molecule has 112 valence electrons. The van der Waals surface area contributed by atoms with Crippen LogP contribution in [0.3, 0.4) is 0 Å². The molecule has 0 aromatic heterocycles. The molecule has 0 unspecified atom stereocenters. The molecule has 1 aliphatic carbocycles. The minimum absolute atomic E-state index is 0.0928. The van der Waals surface area contributed by atoms with Gasteiger partial charge in [0.2, 0.25) is 0 Å². The Bertz CT molecular complexity index is 369. The molecule has 0 radical (unpaired) electrons. The van der Waals surface area contributed by atoms with Crippen LogP contribution in [0.4, 0.5) is 0 Å². The quantitative estimate of drug-likeness (QED) is 0.565. The molecule has 0 N–H and O–H groups in total. The molecule has 2 nitrogen and oxygen atoms in total. The Kier molecular flexibility index (Phi) is 5.69. The van der Waals surface area contributed by atoms with E-state index in [9.17, 15) is 0 Å². The summed E-state index contributed by atoms with van der Waals surface area (Å²) in [4.78, 5) is 0. The molecule has 0 amide bonds. The van der Waals surface area contributed by atoms with Crippen LogP contribution < -0.4 is 0 Å². The van der Waals surface area contributed by atoms with Gasteiger partial charge in [0.05, 0.1) is 12.7 Å². The van der Waals surface area contributed by atoms with Crippen molar-refractivity contribution in [3.63, 3.8) is 0 Å². The molecule has 1 saturated heterocycles. The van der Waals surface area contributed by atoms with Crippen molar-refractivity contribution in [1.82, 2.24) is 0 Å². The summed E-state index contributed by atoms with van der Waals surface area (Å²) in [6, 6.07) is 0. The van der Waals surface area contributed by atoms with Crippen molar-refractivity contribution in [3.05, 3.63) is 12.7 Å². The summed E-state index contributed by atoms with van der Waals surface area (Å²) in [5.74, 6) is 7.38. The van der Waals surface area contributed by atoms with Crippen LogP contribution in [0.15, 0.2) is 12.7 Å². The lowest BCUT2D eigenvalue weighted by Gasteiger charge is -2.39. The van der Waals surface area contributed by atoms with E-state index in [1.165, 1.54) is 32.1 Å². The maximum atomic E-state index is 5.89. The van der Waals surface area contributed by atoms with Gasteiger partial charge >= 0.3 is 0 Å². The fourth-order valence-corrected chi connectivity index (χ4v) is 3.07. The number of hydrogen-bond acceptors (Lipinski definition) is 2. The third kappa shape index (κ3) is 4.65. The Hall–Kier alpha value is -0.780. The van der Waals surface area contributed by atoms with Crippen molar-refractivity contribution in [2.24, 2.45) is 11.8 Å². The Morgan fingerprint density at radius 1 is 1.25 bits per heavy atom. The van der Waals surface area contributed by atoms with Gasteiger partial charge in [-0.2, -0.15) is 0 Å². The SMILES string of the molecule is C=C[C@H]1OC(C)(C)OC[C@H]1CCC#CC1CCCCC1. The van der Waals surface area contributed by atoms with Crippen molar-refractivity contribution >= 4 is 0 Å². The summed E-state index contributed by atoms with van der Waals surface area (Å²) >= 11 is 0. The van der Waals surface area contributed by atoms with Gasteiger partial charge in [0.15, 0.2) is 5.79 Å². The minimum Gasteiger partial charge on any atom is -0.350 e. The van der Waals surface area contributed by atoms with Crippen molar-refractivity contribution in [2.45, 2.75) is 70.7 Å². The highest BCUT2D eigenvalue weighted by atomic mass is 16.7. The molecule has 1 saturated carbocycles. The summed E-state index contributed by atoms with van der Waals surface area (Å²) in [6.07, 6.45) is 10.7. The lowest BCUT2D eigenvalue weighted by Crippen LogP contribution is -2.44. The highest BCUT2D eigenvalue weighted by molar-refractivity contribution is 5.05. The molecule has 1 aliphatic heterocycles. The van der Waals surface area contributed by atoms with Gasteiger partial charge in [0.1, 0.15) is 0 Å². The highest BCUT2D eigenvalue weighted by Crippen LogP contribution is 2.29. The topological polar surface area (TPSA) is 18.5 Å². The van der Waals surface area contributed by atoms with Crippen LogP contribution in [0.2, 0.25) is 0 Å². The van der Waals surface area contributed by atoms with Crippen LogP contribution >= 0.6 is 0 Å². The number of hydrogen-bond donors (Lipinski definition) is 0. The highest BCUT2D eigenvalue weighted by Gasteiger charge is 2.34. The molecular weight excluding hydrogens is 248 g/mol. The summed E-state index contributed by atoms with van der Waals surface area (Å²) in [5.41, 5.74) is 0. The molecule has 2 heteroatoms. The Morgan fingerprint density at radius 2 is 2.00 bits per heavy atom. The van der Waals surface area contributed by atoms with Crippen LogP contribution in [0.5, 0.6) is 0 Å². The van der Waals surface area contributed by atoms with Gasteiger partial charge in [0.25, 0.3) is 0 Å². The molecule has 0 aromatic carbocycles.